The summed E-state index contributed by atoms with van der Waals surface area (Å²) in [6, 6.07) is 6.75. The summed E-state index contributed by atoms with van der Waals surface area (Å²) in [6.45, 7) is 3.33. The smallest absolute Gasteiger partial charge is 0.264 e. The largest absolute Gasteiger partial charge is 0.269 e. The third kappa shape index (κ3) is 1.52. The van der Waals surface area contributed by atoms with Crippen LogP contribution in [0.5, 0.6) is 0 Å². The molecule has 18 heavy (non-hydrogen) atoms. The standard InChI is InChI=1S/C13H11ClN2O2/c1-3-13(2,7-15)16-11(17)8-5-4-6-9(14)10(8)12(16)18/h4-6H,3H2,1-2H3. The van der Waals surface area contributed by atoms with E-state index in [1.54, 1.807) is 32.0 Å². The van der Waals surface area contributed by atoms with Gasteiger partial charge in [-0.05, 0) is 25.5 Å². The minimum Gasteiger partial charge on any atom is -0.269 e. The molecule has 0 bridgehead atoms. The minimum atomic E-state index is -1.14. The van der Waals surface area contributed by atoms with Crippen LogP contribution in [0.4, 0.5) is 0 Å². The Morgan fingerprint density at radius 3 is 2.56 bits per heavy atom. The fourth-order valence-corrected chi connectivity index (χ4v) is 2.23. The summed E-state index contributed by atoms with van der Waals surface area (Å²) in [7, 11) is 0. The highest BCUT2D eigenvalue weighted by Crippen LogP contribution is 2.34. The number of carbonyl (C=O) groups is 2. The highest BCUT2D eigenvalue weighted by Gasteiger charge is 2.46. The van der Waals surface area contributed by atoms with E-state index in [4.69, 9.17) is 11.6 Å². The van der Waals surface area contributed by atoms with Crippen molar-refractivity contribution in [2.75, 3.05) is 0 Å². The number of benzene rings is 1. The van der Waals surface area contributed by atoms with Gasteiger partial charge in [-0.3, -0.25) is 14.5 Å². The topological polar surface area (TPSA) is 61.2 Å². The van der Waals surface area contributed by atoms with E-state index in [1.807, 2.05) is 6.07 Å². The van der Waals surface area contributed by atoms with Crippen LogP contribution < -0.4 is 0 Å². The summed E-state index contributed by atoms with van der Waals surface area (Å²) < 4.78 is 0. The van der Waals surface area contributed by atoms with E-state index < -0.39 is 17.4 Å². The molecule has 1 aliphatic heterocycles. The number of nitriles is 1. The number of amides is 2. The lowest BCUT2D eigenvalue weighted by Crippen LogP contribution is -2.48. The van der Waals surface area contributed by atoms with Gasteiger partial charge in [0.05, 0.1) is 22.2 Å². The maximum absolute atomic E-state index is 12.3. The molecule has 92 valence electrons. The first-order valence-corrected chi connectivity index (χ1v) is 5.92. The first-order valence-electron chi connectivity index (χ1n) is 5.55. The summed E-state index contributed by atoms with van der Waals surface area (Å²) in [5, 5.41) is 9.44. The van der Waals surface area contributed by atoms with E-state index in [1.165, 1.54) is 0 Å². The van der Waals surface area contributed by atoms with Crippen LogP contribution in [0.15, 0.2) is 18.2 Å². The second kappa shape index (κ2) is 4.11. The third-order valence-corrected chi connectivity index (χ3v) is 3.60. The molecular formula is C13H11ClN2O2. The third-order valence-electron chi connectivity index (χ3n) is 3.29. The Morgan fingerprint density at radius 2 is 2.06 bits per heavy atom. The first kappa shape index (κ1) is 12.6. The van der Waals surface area contributed by atoms with Gasteiger partial charge in [-0.2, -0.15) is 5.26 Å². The lowest BCUT2D eigenvalue weighted by molar-refractivity contribution is 0.0524. The number of rotatable bonds is 2. The Labute approximate surface area is 110 Å². The average molecular weight is 263 g/mol. The number of carbonyl (C=O) groups excluding carboxylic acids is 2. The molecule has 0 saturated carbocycles. The maximum Gasteiger partial charge on any atom is 0.264 e. The Balaban J connectivity index is 2.61. The number of halogens is 1. The van der Waals surface area contributed by atoms with Crippen LogP contribution in [-0.4, -0.2) is 22.3 Å². The van der Waals surface area contributed by atoms with Crippen molar-refractivity contribution in [2.24, 2.45) is 0 Å². The molecule has 1 aromatic carbocycles. The van der Waals surface area contributed by atoms with Gasteiger partial charge in [-0.1, -0.05) is 24.6 Å². The van der Waals surface area contributed by atoms with Crippen molar-refractivity contribution >= 4 is 23.4 Å². The van der Waals surface area contributed by atoms with Crippen molar-refractivity contribution in [1.29, 1.82) is 5.26 Å². The van der Waals surface area contributed by atoms with Gasteiger partial charge in [0.15, 0.2) is 0 Å². The van der Waals surface area contributed by atoms with Crippen LogP contribution >= 0.6 is 11.6 Å². The van der Waals surface area contributed by atoms with Gasteiger partial charge >= 0.3 is 0 Å². The van der Waals surface area contributed by atoms with Crippen LogP contribution in [0.1, 0.15) is 41.0 Å². The Hall–Kier alpha value is -1.86. The van der Waals surface area contributed by atoms with Gasteiger partial charge in [0.1, 0.15) is 5.54 Å². The molecule has 0 aromatic heterocycles. The summed E-state index contributed by atoms with van der Waals surface area (Å²) in [6.07, 6.45) is 0.368. The number of fused-ring (bicyclic) bond motifs is 1. The molecule has 0 radical (unpaired) electrons. The Kier molecular flexibility index (Phi) is 2.88. The fraction of sp³-hybridized carbons (Fsp3) is 0.308. The molecule has 4 nitrogen and oxygen atoms in total. The quantitative estimate of drug-likeness (QED) is 0.770. The van der Waals surface area contributed by atoms with Gasteiger partial charge in [0.25, 0.3) is 11.8 Å². The average Bonchev–Trinajstić information content (AvgIpc) is 2.63. The van der Waals surface area contributed by atoms with E-state index in [-0.39, 0.29) is 16.1 Å². The highest BCUT2D eigenvalue weighted by atomic mass is 35.5. The highest BCUT2D eigenvalue weighted by molar-refractivity contribution is 6.37. The fourth-order valence-electron chi connectivity index (χ4n) is 1.98. The molecule has 0 aliphatic carbocycles. The molecule has 0 N–H and O–H groups in total. The molecular weight excluding hydrogens is 252 g/mol. The van der Waals surface area contributed by atoms with Gasteiger partial charge in [0.2, 0.25) is 0 Å². The van der Waals surface area contributed by atoms with E-state index in [9.17, 15) is 14.9 Å². The zero-order chi connectivity index (χ0) is 13.5. The Morgan fingerprint density at radius 1 is 1.39 bits per heavy atom. The number of nitrogens with zero attached hydrogens (tertiary/aromatic N) is 2. The molecule has 0 spiro atoms. The predicted molar refractivity (Wildman–Crippen MR) is 66.3 cm³/mol. The summed E-state index contributed by atoms with van der Waals surface area (Å²) in [5.74, 6) is -0.949. The predicted octanol–water partition coefficient (Wildman–Crippen LogP) is 2.63. The zero-order valence-electron chi connectivity index (χ0n) is 10.0. The molecule has 0 fully saturated rings. The van der Waals surface area contributed by atoms with Crippen LogP contribution in [0.3, 0.4) is 0 Å². The van der Waals surface area contributed by atoms with Crippen molar-refractivity contribution in [2.45, 2.75) is 25.8 Å². The molecule has 0 saturated heterocycles. The molecule has 1 atom stereocenters. The molecule has 1 aromatic rings. The summed E-state index contributed by atoms with van der Waals surface area (Å²) in [4.78, 5) is 25.5. The van der Waals surface area contributed by atoms with Gasteiger partial charge in [0, 0.05) is 0 Å². The molecule has 1 aliphatic rings. The lowest BCUT2D eigenvalue weighted by atomic mass is 9.99. The SMILES string of the molecule is CCC(C)(C#N)N1C(=O)c2cccc(Cl)c2C1=O. The second-order valence-corrected chi connectivity index (χ2v) is 4.75. The summed E-state index contributed by atoms with van der Waals surface area (Å²) >= 11 is 5.95. The summed E-state index contributed by atoms with van der Waals surface area (Å²) in [5.41, 5.74) is -0.683. The van der Waals surface area contributed by atoms with Crippen LogP contribution in [0.2, 0.25) is 5.02 Å². The number of hydrogen-bond donors (Lipinski definition) is 0. The minimum absolute atomic E-state index is 0.194. The number of hydrogen-bond acceptors (Lipinski definition) is 3. The van der Waals surface area contributed by atoms with Crippen LogP contribution in [-0.2, 0) is 0 Å². The number of imide groups is 1. The maximum atomic E-state index is 12.3. The van der Waals surface area contributed by atoms with Gasteiger partial charge in [-0.25, -0.2) is 0 Å². The van der Waals surface area contributed by atoms with E-state index in [2.05, 4.69) is 0 Å². The van der Waals surface area contributed by atoms with Crippen molar-refractivity contribution in [3.8, 4) is 6.07 Å². The van der Waals surface area contributed by atoms with E-state index in [0.29, 0.717) is 6.42 Å². The lowest BCUT2D eigenvalue weighted by Gasteiger charge is -2.29. The van der Waals surface area contributed by atoms with Crippen molar-refractivity contribution in [1.82, 2.24) is 4.90 Å². The van der Waals surface area contributed by atoms with E-state index in [0.717, 1.165) is 4.90 Å². The van der Waals surface area contributed by atoms with Crippen molar-refractivity contribution in [3.05, 3.63) is 34.3 Å². The van der Waals surface area contributed by atoms with Crippen molar-refractivity contribution in [3.63, 3.8) is 0 Å². The van der Waals surface area contributed by atoms with Crippen LogP contribution in [0.25, 0.3) is 0 Å². The second-order valence-electron chi connectivity index (χ2n) is 4.35. The molecule has 1 unspecified atom stereocenters. The van der Waals surface area contributed by atoms with Gasteiger partial charge < -0.3 is 0 Å². The Bertz CT molecular complexity index is 591. The van der Waals surface area contributed by atoms with Crippen LogP contribution in [0, 0.1) is 11.3 Å². The van der Waals surface area contributed by atoms with Gasteiger partial charge in [-0.15, -0.1) is 0 Å². The monoisotopic (exact) mass is 262 g/mol. The molecule has 2 amide bonds. The van der Waals surface area contributed by atoms with Crippen molar-refractivity contribution < 1.29 is 9.59 Å². The normalized spacial score (nSPS) is 17.3. The van der Waals surface area contributed by atoms with E-state index >= 15 is 0 Å². The first-order chi connectivity index (χ1) is 8.46. The molecule has 1 heterocycles. The molecule has 5 heteroatoms. The zero-order valence-corrected chi connectivity index (χ0v) is 10.8. The molecule has 2 rings (SSSR count).